The highest BCUT2D eigenvalue weighted by Gasteiger charge is 2.36. The maximum Gasteiger partial charge on any atom is 0.264 e. The molecule has 3 aromatic rings. The number of piperidine rings is 1. The third-order valence-corrected chi connectivity index (χ3v) is 8.36. The summed E-state index contributed by atoms with van der Waals surface area (Å²) in [5.41, 5.74) is 5.75. The van der Waals surface area contributed by atoms with E-state index in [1.165, 1.54) is 18.5 Å². The van der Waals surface area contributed by atoms with Gasteiger partial charge in [0.2, 0.25) is 0 Å². The van der Waals surface area contributed by atoms with E-state index in [0.29, 0.717) is 44.9 Å². The first-order valence-corrected chi connectivity index (χ1v) is 15.4. The maximum atomic E-state index is 15.3. The zero-order valence-electron chi connectivity index (χ0n) is 26.3. The van der Waals surface area contributed by atoms with E-state index < -0.39 is 11.4 Å². The Bertz CT molecular complexity index is 1650. The Morgan fingerprint density at radius 2 is 2.02 bits per heavy atom. The van der Waals surface area contributed by atoms with Gasteiger partial charge in [0, 0.05) is 36.3 Å². The van der Waals surface area contributed by atoms with Crippen LogP contribution < -0.4 is 15.8 Å². The highest BCUT2D eigenvalue weighted by molar-refractivity contribution is 6.16. The van der Waals surface area contributed by atoms with Crippen LogP contribution in [-0.4, -0.2) is 81.9 Å². The van der Waals surface area contributed by atoms with E-state index in [9.17, 15) is 10.1 Å². The van der Waals surface area contributed by atoms with Gasteiger partial charge in [-0.05, 0) is 63.6 Å². The number of nitriles is 1. The van der Waals surface area contributed by atoms with Gasteiger partial charge in [0.15, 0.2) is 0 Å². The third-order valence-electron chi connectivity index (χ3n) is 8.36. The van der Waals surface area contributed by atoms with Gasteiger partial charge in [-0.15, -0.1) is 0 Å². The number of para-hydroxylation sites is 1. The Kier molecular flexibility index (Phi) is 9.94. The average Bonchev–Trinajstić information content (AvgIpc) is 3.01. The number of rotatable bonds is 11. The largest absolute Gasteiger partial charge is 0.457 e. The van der Waals surface area contributed by atoms with E-state index in [0.717, 1.165) is 6.54 Å². The molecule has 1 atom stereocenters. The summed E-state index contributed by atoms with van der Waals surface area (Å²) in [5, 5.41) is 22.2. The van der Waals surface area contributed by atoms with E-state index in [4.69, 9.17) is 20.6 Å². The summed E-state index contributed by atoms with van der Waals surface area (Å²) < 4.78 is 26.4. The molecule has 5 rings (SSSR count). The molecule has 0 aliphatic carbocycles. The van der Waals surface area contributed by atoms with Crippen molar-refractivity contribution in [3.05, 3.63) is 83.5 Å². The summed E-state index contributed by atoms with van der Waals surface area (Å²) in [7, 11) is 0. The van der Waals surface area contributed by atoms with Gasteiger partial charge in [0.1, 0.15) is 46.9 Å². The van der Waals surface area contributed by atoms with Crippen molar-refractivity contribution in [2.75, 3.05) is 43.9 Å². The number of nitrogens with two attached hydrogens (primary N) is 1. The number of amides is 1. The number of aromatic nitrogens is 2. The molecular weight excluding hydrogens is 587 g/mol. The van der Waals surface area contributed by atoms with Gasteiger partial charge >= 0.3 is 0 Å². The molecule has 3 heterocycles. The fourth-order valence-electron chi connectivity index (χ4n) is 6.04. The van der Waals surface area contributed by atoms with Crippen LogP contribution in [0, 0.1) is 22.6 Å². The number of hydrogen-bond donors (Lipinski definition) is 3. The smallest absolute Gasteiger partial charge is 0.264 e. The lowest BCUT2D eigenvalue weighted by Gasteiger charge is -2.45. The molecule has 46 heavy (non-hydrogen) atoms. The van der Waals surface area contributed by atoms with Gasteiger partial charge in [-0.3, -0.25) is 15.1 Å². The molecule has 2 saturated heterocycles. The molecule has 2 aliphatic heterocycles. The summed E-state index contributed by atoms with van der Waals surface area (Å²) in [4.78, 5) is 25.9. The van der Waals surface area contributed by atoms with Gasteiger partial charge in [-0.25, -0.2) is 14.4 Å². The van der Waals surface area contributed by atoms with Crippen LogP contribution in [0.2, 0.25) is 0 Å². The molecule has 2 fully saturated rings. The first kappa shape index (κ1) is 32.5. The van der Waals surface area contributed by atoms with Crippen molar-refractivity contribution in [3.63, 3.8) is 0 Å². The third kappa shape index (κ3) is 7.17. The standard InChI is InChI=1S/C34H39FN8O3/c1-4-43(24-19-45-20-24)34(2,3)16-22(17-36)33(44)42-14-8-9-23(18-42)41-32-29(31(38)39-21-40-32)30(37)27-13-12-26(15-28(27)35)46-25-10-6-5-7-11-25/h5-7,10-13,15-16,21,23-24,37H,4,8-9,14,18-20H2,1-3H3,(H3,38,39,40,41)/b22-16+,37-30?. The number of carbonyl (C=O) groups excluding carboxylic acids is 1. The molecule has 240 valence electrons. The van der Waals surface area contributed by atoms with E-state index >= 15 is 4.39 Å². The van der Waals surface area contributed by atoms with Crippen LogP contribution in [-0.2, 0) is 9.53 Å². The molecule has 12 heteroatoms. The second-order valence-electron chi connectivity index (χ2n) is 11.9. The van der Waals surface area contributed by atoms with Crippen molar-refractivity contribution in [1.29, 1.82) is 10.7 Å². The van der Waals surface area contributed by atoms with Crippen molar-refractivity contribution in [2.45, 2.75) is 51.2 Å². The Balaban J connectivity index is 1.31. The van der Waals surface area contributed by atoms with Crippen molar-refractivity contribution in [3.8, 4) is 17.6 Å². The number of nitrogens with one attached hydrogen (secondary N) is 2. The highest BCUT2D eigenvalue weighted by Crippen LogP contribution is 2.29. The van der Waals surface area contributed by atoms with Gasteiger partial charge in [-0.1, -0.05) is 25.1 Å². The molecule has 1 amide bonds. The van der Waals surface area contributed by atoms with Crippen LogP contribution >= 0.6 is 0 Å². The monoisotopic (exact) mass is 626 g/mol. The number of likely N-dealkylation sites (tertiary alicyclic amines) is 1. The normalized spacial score (nSPS) is 17.3. The van der Waals surface area contributed by atoms with Crippen LogP contribution in [0.25, 0.3) is 0 Å². The van der Waals surface area contributed by atoms with E-state index in [-0.39, 0.29) is 57.8 Å². The number of anilines is 2. The van der Waals surface area contributed by atoms with Crippen molar-refractivity contribution in [1.82, 2.24) is 19.8 Å². The lowest BCUT2D eigenvalue weighted by molar-refractivity contribution is -0.127. The summed E-state index contributed by atoms with van der Waals surface area (Å²) in [6, 6.07) is 15.4. The SMILES string of the molecule is CCN(C1COC1)C(C)(C)/C=C(\C#N)C(=O)N1CCCC(Nc2ncnc(N)c2C(=N)c2ccc(Oc3ccccc3)cc2F)C1. The molecule has 1 aromatic heterocycles. The minimum atomic E-state index is -0.660. The Labute approximate surface area is 268 Å². The molecule has 1 unspecified atom stereocenters. The van der Waals surface area contributed by atoms with Crippen molar-refractivity contribution < 1.29 is 18.7 Å². The zero-order valence-corrected chi connectivity index (χ0v) is 26.3. The second-order valence-corrected chi connectivity index (χ2v) is 11.9. The zero-order chi connectivity index (χ0) is 32.8. The number of likely N-dealkylation sites (N-methyl/N-ethyl adjacent to an activating group) is 1. The predicted molar refractivity (Wildman–Crippen MR) is 173 cm³/mol. The first-order valence-electron chi connectivity index (χ1n) is 15.4. The quantitative estimate of drug-likeness (QED) is 0.155. The lowest BCUT2D eigenvalue weighted by Crippen LogP contribution is -2.57. The molecule has 0 saturated carbocycles. The second kappa shape index (κ2) is 14.1. The van der Waals surface area contributed by atoms with Crippen molar-refractivity contribution in [2.24, 2.45) is 0 Å². The minimum Gasteiger partial charge on any atom is -0.457 e. The van der Waals surface area contributed by atoms with E-state index in [2.05, 4.69) is 33.2 Å². The summed E-state index contributed by atoms with van der Waals surface area (Å²) >= 11 is 0. The van der Waals surface area contributed by atoms with Gasteiger partial charge in [0.25, 0.3) is 5.91 Å². The number of nitrogen functional groups attached to an aromatic ring is 1. The van der Waals surface area contributed by atoms with Gasteiger partial charge in [-0.2, -0.15) is 5.26 Å². The van der Waals surface area contributed by atoms with Gasteiger partial charge < -0.3 is 25.4 Å². The molecule has 2 aromatic carbocycles. The summed E-state index contributed by atoms with van der Waals surface area (Å²) in [6.07, 6.45) is 4.43. The summed E-state index contributed by atoms with van der Waals surface area (Å²) in [6.45, 7) is 8.90. The highest BCUT2D eigenvalue weighted by atomic mass is 19.1. The minimum absolute atomic E-state index is 0.00594. The Morgan fingerprint density at radius 1 is 1.26 bits per heavy atom. The molecule has 0 bridgehead atoms. The topological polar surface area (TPSA) is 153 Å². The molecule has 4 N–H and O–H groups in total. The molecule has 0 spiro atoms. The first-order chi connectivity index (χ1) is 22.1. The molecule has 0 radical (unpaired) electrons. The van der Waals surface area contributed by atoms with Gasteiger partial charge in [0.05, 0.1) is 30.5 Å². The van der Waals surface area contributed by atoms with Crippen LogP contribution in [0.3, 0.4) is 0 Å². The van der Waals surface area contributed by atoms with E-state index in [1.807, 2.05) is 32.0 Å². The number of carbonyl (C=O) groups is 1. The number of benzene rings is 2. The van der Waals surface area contributed by atoms with E-state index in [1.54, 1.807) is 29.2 Å². The Morgan fingerprint density at radius 3 is 2.67 bits per heavy atom. The lowest BCUT2D eigenvalue weighted by atomic mass is 9.95. The molecular formula is C34H39FN8O3. The number of nitrogens with zero attached hydrogens (tertiary/aromatic N) is 5. The Hall–Kier alpha value is -4.86. The fourth-order valence-corrected chi connectivity index (χ4v) is 6.04. The number of halogens is 1. The van der Waals surface area contributed by atoms with Crippen LogP contribution in [0.5, 0.6) is 11.5 Å². The number of hydrogen-bond acceptors (Lipinski definition) is 10. The summed E-state index contributed by atoms with van der Waals surface area (Å²) in [5.74, 6) is 0.135. The van der Waals surface area contributed by atoms with Crippen LogP contribution in [0.15, 0.2) is 66.5 Å². The predicted octanol–water partition coefficient (Wildman–Crippen LogP) is 4.76. The molecule has 2 aliphatic rings. The van der Waals surface area contributed by atoms with Crippen LogP contribution in [0.1, 0.15) is 44.7 Å². The average molecular weight is 627 g/mol. The molecule has 11 nitrogen and oxygen atoms in total. The number of ether oxygens (including phenoxy) is 2. The van der Waals surface area contributed by atoms with Crippen molar-refractivity contribution >= 4 is 23.3 Å². The fraction of sp³-hybridized carbons (Fsp3) is 0.382. The maximum absolute atomic E-state index is 15.3. The van der Waals surface area contributed by atoms with Crippen LogP contribution in [0.4, 0.5) is 16.0 Å².